The number of hydrogen-bond acceptors (Lipinski definition) is 7. The van der Waals surface area contributed by atoms with Crippen LogP contribution in [0.15, 0.2) is 30.5 Å². The topological polar surface area (TPSA) is 94.0 Å². The van der Waals surface area contributed by atoms with Gasteiger partial charge in [-0.15, -0.1) is 11.3 Å². The first kappa shape index (κ1) is 27.6. The molecule has 0 spiro atoms. The van der Waals surface area contributed by atoms with Crippen molar-refractivity contribution < 1.29 is 19.5 Å². The summed E-state index contributed by atoms with van der Waals surface area (Å²) < 4.78 is 1.08. The van der Waals surface area contributed by atoms with Crippen LogP contribution < -0.4 is 4.90 Å². The number of aromatic nitrogens is 1. The van der Waals surface area contributed by atoms with Crippen molar-refractivity contribution >= 4 is 57.1 Å². The number of hydrogen-bond donors (Lipinski definition) is 1. The fourth-order valence-corrected chi connectivity index (χ4v) is 7.34. The number of imide groups is 1. The maximum atomic E-state index is 12.2. The van der Waals surface area contributed by atoms with Gasteiger partial charge in [-0.05, 0) is 81.6 Å². The lowest BCUT2D eigenvalue weighted by Gasteiger charge is -2.38. The summed E-state index contributed by atoms with van der Waals surface area (Å²) in [6.45, 7) is 4.57. The normalized spacial score (nSPS) is 18.3. The zero-order chi connectivity index (χ0) is 27.5. The van der Waals surface area contributed by atoms with E-state index in [9.17, 15) is 9.59 Å². The van der Waals surface area contributed by atoms with Crippen LogP contribution in [0.25, 0.3) is 21.3 Å². The summed E-state index contributed by atoms with van der Waals surface area (Å²) in [5.41, 5.74) is 5.84. The van der Waals surface area contributed by atoms with E-state index in [1.165, 1.54) is 47.6 Å². The molecule has 39 heavy (non-hydrogen) atoms. The van der Waals surface area contributed by atoms with Gasteiger partial charge in [0.05, 0.1) is 16.8 Å². The summed E-state index contributed by atoms with van der Waals surface area (Å²) in [5.74, 6) is 0.537. The number of fused-ring (bicyclic) bond motifs is 2. The number of anilines is 1. The standard InChI is InChI=1S/C28H31ClN4O2S.CH2O2/c1-31-11-7-18(8-12-31)16-32-10-2-3-19-13-20(29)14-23(27(19)32)22-6-9-30-24-15-21(36-28(22)24)17-33-25(34)4-5-26(33)35;2-1-3/h6,9,13-15,18H,2-5,7-8,10-12,16-17H2,1H3;1H,(H,2,3). The summed E-state index contributed by atoms with van der Waals surface area (Å²) in [4.78, 5) is 44.7. The molecule has 0 saturated carbocycles. The van der Waals surface area contributed by atoms with Gasteiger partial charge in [0.1, 0.15) is 0 Å². The van der Waals surface area contributed by atoms with Crippen molar-refractivity contribution in [2.45, 2.75) is 45.1 Å². The molecule has 0 aliphatic carbocycles. The first-order chi connectivity index (χ1) is 18.9. The van der Waals surface area contributed by atoms with E-state index in [2.05, 4.69) is 40.0 Å². The molecule has 0 radical (unpaired) electrons. The molecule has 1 N–H and O–H groups in total. The number of halogens is 1. The molecule has 2 aromatic heterocycles. The van der Waals surface area contributed by atoms with Crippen LogP contribution in [0.4, 0.5) is 5.69 Å². The highest BCUT2D eigenvalue weighted by atomic mass is 35.5. The second-order valence-corrected chi connectivity index (χ2v) is 12.1. The molecular weight excluding hydrogens is 536 g/mol. The summed E-state index contributed by atoms with van der Waals surface area (Å²) in [6.07, 6.45) is 7.16. The van der Waals surface area contributed by atoms with Gasteiger partial charge in [0.15, 0.2) is 0 Å². The zero-order valence-electron chi connectivity index (χ0n) is 22.1. The van der Waals surface area contributed by atoms with Crippen molar-refractivity contribution in [3.05, 3.63) is 45.9 Å². The molecule has 8 nitrogen and oxygen atoms in total. The number of aryl methyl sites for hydroxylation is 1. The van der Waals surface area contributed by atoms with Crippen LogP contribution in [-0.2, 0) is 27.3 Å². The van der Waals surface area contributed by atoms with Crippen LogP contribution in [0.2, 0.25) is 5.02 Å². The number of pyridine rings is 1. The molecule has 10 heteroatoms. The maximum absolute atomic E-state index is 12.2. The Labute approximate surface area is 237 Å². The van der Waals surface area contributed by atoms with Crippen LogP contribution in [0.3, 0.4) is 0 Å². The predicted octanol–water partition coefficient (Wildman–Crippen LogP) is 5.06. The smallest absolute Gasteiger partial charge is 0.290 e. The van der Waals surface area contributed by atoms with E-state index in [1.807, 2.05) is 12.3 Å². The molecule has 0 unspecified atom stereocenters. The van der Waals surface area contributed by atoms with Crippen LogP contribution in [0.1, 0.15) is 42.5 Å². The first-order valence-corrected chi connectivity index (χ1v) is 14.6. The van der Waals surface area contributed by atoms with E-state index in [1.54, 1.807) is 11.3 Å². The molecule has 3 aliphatic heterocycles. The van der Waals surface area contributed by atoms with Crippen LogP contribution >= 0.6 is 22.9 Å². The number of thiophene rings is 1. The van der Waals surface area contributed by atoms with Crippen molar-refractivity contribution in [2.75, 3.05) is 38.1 Å². The third-order valence-electron chi connectivity index (χ3n) is 7.88. The summed E-state index contributed by atoms with van der Waals surface area (Å²) >= 11 is 8.30. The second kappa shape index (κ2) is 12.0. The van der Waals surface area contributed by atoms with Crippen molar-refractivity contribution in [3.63, 3.8) is 0 Å². The van der Waals surface area contributed by atoms with Crippen molar-refractivity contribution in [2.24, 2.45) is 5.92 Å². The van der Waals surface area contributed by atoms with Crippen LogP contribution in [-0.4, -0.2) is 71.4 Å². The average molecular weight is 569 g/mol. The highest BCUT2D eigenvalue weighted by Gasteiger charge is 2.30. The van der Waals surface area contributed by atoms with Gasteiger partial charge in [0.2, 0.25) is 11.8 Å². The SMILES string of the molecule is CN1CCC(CN2CCCc3cc(Cl)cc(-c4ccnc5cc(CN6C(=O)CCC6=O)sc45)c32)CC1.O=CO. The Morgan fingerprint density at radius 3 is 2.51 bits per heavy atom. The minimum absolute atomic E-state index is 0.0842. The molecule has 0 atom stereocenters. The number of nitrogens with zero attached hydrogens (tertiary/aromatic N) is 4. The summed E-state index contributed by atoms with van der Waals surface area (Å²) in [7, 11) is 2.21. The van der Waals surface area contributed by atoms with Gasteiger partial charge in [-0.25, -0.2) is 0 Å². The Kier molecular flexibility index (Phi) is 8.49. The number of benzene rings is 1. The molecule has 3 aliphatic rings. The second-order valence-electron chi connectivity index (χ2n) is 10.5. The molecular formula is C29H33ClN4O4S. The van der Waals surface area contributed by atoms with E-state index >= 15 is 0 Å². The molecule has 3 aromatic rings. The monoisotopic (exact) mass is 568 g/mol. The van der Waals surface area contributed by atoms with E-state index in [4.69, 9.17) is 21.5 Å². The van der Waals surface area contributed by atoms with E-state index < -0.39 is 0 Å². The Hall–Kier alpha value is -3.01. The number of piperidine rings is 1. The Bertz CT molecular complexity index is 1370. The number of carboxylic acid groups (broad SMARTS) is 1. The molecule has 0 bridgehead atoms. The van der Waals surface area contributed by atoms with Gasteiger partial charge in [-0.2, -0.15) is 0 Å². The van der Waals surface area contributed by atoms with E-state index in [-0.39, 0.29) is 18.3 Å². The lowest BCUT2D eigenvalue weighted by atomic mass is 9.91. The molecule has 6 rings (SSSR count). The third-order valence-corrected chi connectivity index (χ3v) is 9.24. The van der Waals surface area contributed by atoms with Gasteiger partial charge in [-0.3, -0.25) is 24.3 Å². The fourth-order valence-electron chi connectivity index (χ4n) is 5.97. The van der Waals surface area contributed by atoms with Gasteiger partial charge in [-0.1, -0.05) is 11.6 Å². The summed E-state index contributed by atoms with van der Waals surface area (Å²) in [5, 5.41) is 7.65. The van der Waals surface area contributed by atoms with Gasteiger partial charge in [0.25, 0.3) is 6.47 Å². The van der Waals surface area contributed by atoms with Crippen LogP contribution in [0, 0.1) is 5.92 Å². The molecule has 5 heterocycles. The fraction of sp³-hybridized carbons (Fsp3) is 0.448. The Morgan fingerprint density at radius 1 is 1.08 bits per heavy atom. The highest BCUT2D eigenvalue weighted by molar-refractivity contribution is 7.19. The number of carbonyl (C=O) groups excluding carboxylic acids is 2. The van der Waals surface area contributed by atoms with Crippen LogP contribution in [0.5, 0.6) is 0 Å². The predicted molar refractivity (Wildman–Crippen MR) is 154 cm³/mol. The minimum Gasteiger partial charge on any atom is -0.483 e. The van der Waals surface area contributed by atoms with E-state index in [0.717, 1.165) is 51.6 Å². The molecule has 206 valence electrons. The quantitative estimate of drug-likeness (QED) is 0.339. The Morgan fingerprint density at radius 2 is 1.79 bits per heavy atom. The highest BCUT2D eigenvalue weighted by Crippen LogP contribution is 2.44. The lowest BCUT2D eigenvalue weighted by molar-refractivity contribution is -0.139. The van der Waals surface area contributed by atoms with Crippen molar-refractivity contribution in [3.8, 4) is 11.1 Å². The molecule has 2 saturated heterocycles. The number of carbonyl (C=O) groups is 3. The maximum Gasteiger partial charge on any atom is 0.290 e. The molecule has 1 aromatic carbocycles. The van der Waals surface area contributed by atoms with Gasteiger partial charge >= 0.3 is 0 Å². The Balaban J connectivity index is 0.000000983. The number of likely N-dealkylation sites (tertiary alicyclic amines) is 2. The number of amides is 2. The van der Waals surface area contributed by atoms with Gasteiger partial charge in [0, 0.05) is 58.8 Å². The van der Waals surface area contributed by atoms with Crippen molar-refractivity contribution in [1.82, 2.24) is 14.8 Å². The van der Waals surface area contributed by atoms with Crippen molar-refractivity contribution in [1.29, 1.82) is 0 Å². The third kappa shape index (κ3) is 5.95. The first-order valence-electron chi connectivity index (χ1n) is 13.4. The average Bonchev–Trinajstić information content (AvgIpc) is 3.48. The summed E-state index contributed by atoms with van der Waals surface area (Å²) in [6, 6.07) is 8.36. The molecule has 2 fully saturated rings. The van der Waals surface area contributed by atoms with E-state index in [0.29, 0.717) is 25.3 Å². The largest absolute Gasteiger partial charge is 0.483 e. The zero-order valence-corrected chi connectivity index (χ0v) is 23.6. The minimum atomic E-state index is -0.250. The molecule has 2 amide bonds. The van der Waals surface area contributed by atoms with Gasteiger partial charge < -0.3 is 14.9 Å². The number of rotatable bonds is 5. The lowest BCUT2D eigenvalue weighted by Crippen LogP contribution is -2.39.